The number of nitrogens with two attached hydrogens (primary N) is 1. The van der Waals surface area contributed by atoms with Gasteiger partial charge in [-0.3, -0.25) is 9.69 Å². The summed E-state index contributed by atoms with van der Waals surface area (Å²) in [6.45, 7) is 1.70. The van der Waals surface area contributed by atoms with Crippen LogP contribution in [0, 0.1) is 18.6 Å². The van der Waals surface area contributed by atoms with E-state index in [1.54, 1.807) is 38.2 Å². The molecular weight excluding hydrogens is 400 g/mol. The first-order valence-electron chi connectivity index (χ1n) is 8.34. The van der Waals surface area contributed by atoms with E-state index >= 15 is 0 Å². The Morgan fingerprint density at radius 1 is 1.21 bits per heavy atom. The first-order chi connectivity index (χ1) is 13.3. The number of aryl methyl sites for hydroxylation is 1. The van der Waals surface area contributed by atoms with Gasteiger partial charge in [-0.15, -0.1) is 0 Å². The molecule has 0 atom stereocenters. The molecule has 0 unspecified atom stereocenters. The van der Waals surface area contributed by atoms with E-state index in [-0.39, 0.29) is 17.9 Å². The van der Waals surface area contributed by atoms with Crippen LogP contribution in [0.2, 0.25) is 0 Å². The van der Waals surface area contributed by atoms with Gasteiger partial charge in [-0.1, -0.05) is 35.6 Å². The van der Waals surface area contributed by atoms with Gasteiger partial charge in [-0.25, -0.2) is 13.8 Å². The van der Waals surface area contributed by atoms with Gasteiger partial charge in [0.25, 0.3) is 0 Å². The Hall–Kier alpha value is -2.78. The van der Waals surface area contributed by atoms with Crippen LogP contribution in [0.5, 0.6) is 0 Å². The van der Waals surface area contributed by atoms with Crippen molar-refractivity contribution < 1.29 is 18.0 Å². The minimum absolute atomic E-state index is 0.105. The Morgan fingerprint density at radius 3 is 2.50 bits per heavy atom. The number of amides is 1. The van der Waals surface area contributed by atoms with Crippen LogP contribution >= 0.6 is 11.3 Å². The summed E-state index contributed by atoms with van der Waals surface area (Å²) in [6, 6.07) is 9.96. The van der Waals surface area contributed by atoms with Crippen molar-refractivity contribution in [2.45, 2.75) is 13.3 Å². The molecule has 2 aromatic carbocycles. The lowest BCUT2D eigenvalue weighted by molar-refractivity contribution is -0.117. The molecule has 0 fully saturated rings. The number of halogens is 2. The number of carbonyl (C=O) groups excluding carboxylic acids is 1. The second-order valence-electron chi connectivity index (χ2n) is 6.23. The lowest BCUT2D eigenvalue weighted by atomic mass is 10.0. The minimum atomic E-state index is -2.36. The van der Waals surface area contributed by atoms with Gasteiger partial charge in [-0.05, 0) is 36.2 Å². The molecule has 1 heterocycles. The molecule has 1 aromatic heterocycles. The molecule has 1 amide bonds. The van der Waals surface area contributed by atoms with Gasteiger partial charge in [0.05, 0.1) is 16.6 Å². The molecule has 0 spiro atoms. The molecule has 0 bridgehead atoms. The number of likely N-dealkylation sites (N-methyl/N-ethyl adjacent to an activating group) is 1. The molecule has 9 heteroatoms. The van der Waals surface area contributed by atoms with Gasteiger partial charge < -0.3 is 9.86 Å². The topological polar surface area (TPSA) is 76.3 Å². The second-order valence-corrected chi connectivity index (χ2v) is 8.79. The molecule has 5 nitrogen and oxygen atoms in total. The summed E-state index contributed by atoms with van der Waals surface area (Å²) in [5.41, 5.74) is 1.97. The van der Waals surface area contributed by atoms with Crippen LogP contribution in [0.3, 0.4) is 0 Å². The normalized spacial score (nSPS) is 10.7. The van der Waals surface area contributed by atoms with E-state index in [4.69, 9.17) is 5.40 Å². The highest BCUT2D eigenvalue weighted by atomic mass is 32.1. The van der Waals surface area contributed by atoms with Crippen LogP contribution < -0.4 is 14.8 Å². The van der Waals surface area contributed by atoms with Crippen molar-refractivity contribution in [1.82, 2.24) is 4.98 Å². The fraction of sp³-hybridized carbons (Fsp3) is 0.158. The van der Waals surface area contributed by atoms with Gasteiger partial charge in [0.15, 0.2) is 5.13 Å². The molecule has 0 radical (unpaired) electrons. The predicted molar refractivity (Wildman–Crippen MR) is 106 cm³/mol. The zero-order valence-corrected chi connectivity index (χ0v) is 17.0. The maximum absolute atomic E-state index is 13.9. The summed E-state index contributed by atoms with van der Waals surface area (Å²) in [5, 5.41) is 5.90. The molecule has 28 heavy (non-hydrogen) atoms. The third-order valence-electron chi connectivity index (χ3n) is 4.22. The number of benzene rings is 2. The number of rotatable bonds is 5. The van der Waals surface area contributed by atoms with E-state index in [1.165, 1.54) is 4.90 Å². The Morgan fingerprint density at radius 2 is 1.89 bits per heavy atom. The van der Waals surface area contributed by atoms with Crippen molar-refractivity contribution >= 4 is 35.7 Å². The van der Waals surface area contributed by atoms with Crippen molar-refractivity contribution in [1.29, 1.82) is 0 Å². The van der Waals surface area contributed by atoms with E-state index in [1.807, 2.05) is 0 Å². The van der Waals surface area contributed by atoms with Crippen molar-refractivity contribution in [3.63, 3.8) is 0 Å². The molecule has 0 saturated carbocycles. The molecule has 0 aliphatic carbocycles. The van der Waals surface area contributed by atoms with Crippen LogP contribution in [-0.2, 0) is 15.7 Å². The first-order valence-corrected chi connectivity index (χ1v) is 10.6. The molecule has 0 aliphatic heterocycles. The molecule has 3 aromatic rings. The van der Waals surface area contributed by atoms with E-state index in [9.17, 15) is 18.0 Å². The molecule has 0 aliphatic rings. The van der Waals surface area contributed by atoms with E-state index in [0.717, 1.165) is 35.1 Å². The molecule has 2 N–H and O–H groups in total. The van der Waals surface area contributed by atoms with Crippen LogP contribution in [0.15, 0.2) is 42.5 Å². The largest absolute Gasteiger partial charge is 0.438 e. The Labute approximate surface area is 166 Å². The van der Waals surface area contributed by atoms with Crippen molar-refractivity contribution in [2.75, 3.05) is 11.9 Å². The number of hydrogen-bond acceptors (Lipinski definition) is 4. The Bertz CT molecular complexity index is 1050. The van der Waals surface area contributed by atoms with E-state index in [2.05, 4.69) is 4.98 Å². The monoisotopic (exact) mass is 417 g/mol. The van der Waals surface area contributed by atoms with Gasteiger partial charge in [0.1, 0.15) is 11.6 Å². The summed E-state index contributed by atoms with van der Waals surface area (Å²) in [5.74, 6) is -1.24. The molecule has 144 valence electrons. The summed E-state index contributed by atoms with van der Waals surface area (Å²) >= 11 is 1.14. The average Bonchev–Trinajstić information content (AvgIpc) is 3.05. The number of anilines is 1. The Balaban J connectivity index is 1.75. The van der Waals surface area contributed by atoms with Crippen LogP contribution in [0.4, 0.5) is 13.9 Å². The molecule has 3 rings (SSSR count). The Kier molecular flexibility index (Phi) is 5.75. The summed E-state index contributed by atoms with van der Waals surface area (Å²) in [7, 11) is -0.773. The molecular formula is C19H17F2N3O2SSi. The second kappa shape index (κ2) is 8.07. The highest BCUT2D eigenvalue weighted by Gasteiger charge is 2.20. The maximum atomic E-state index is 13.9. The van der Waals surface area contributed by atoms with Gasteiger partial charge >= 0.3 is 8.84 Å². The third-order valence-corrected chi connectivity index (χ3v) is 6.99. The van der Waals surface area contributed by atoms with Gasteiger partial charge in [0.2, 0.25) is 5.91 Å². The highest BCUT2D eigenvalue weighted by molar-refractivity contribution is 7.25. The van der Waals surface area contributed by atoms with Gasteiger partial charge in [0, 0.05) is 12.6 Å². The van der Waals surface area contributed by atoms with Crippen molar-refractivity contribution in [2.24, 2.45) is 5.40 Å². The number of carbonyl (C=O) groups is 1. The van der Waals surface area contributed by atoms with Crippen LogP contribution in [-0.4, -0.2) is 26.8 Å². The zero-order chi connectivity index (χ0) is 20.4. The minimum Gasteiger partial charge on any atom is -0.399 e. The number of thiazole rings is 1. The summed E-state index contributed by atoms with van der Waals surface area (Å²) < 4.78 is 39.3. The lowest BCUT2D eigenvalue weighted by Crippen LogP contribution is -2.29. The average molecular weight is 418 g/mol. The standard InChI is InChI=1S/C19H17F2N3O2SSi/c1-11-18(28(22)26)27-19(23-11)24(2)17(25)9-12-3-5-13(6-4-12)15-10-14(20)7-8-16(15)21/h3-8,10H,9,22H2,1-2H3. The predicted octanol–water partition coefficient (Wildman–Crippen LogP) is 2.69. The summed E-state index contributed by atoms with van der Waals surface area (Å²) in [4.78, 5) is 18.2. The quantitative estimate of drug-likeness (QED) is 0.648. The number of hydrogen-bond donors (Lipinski definition) is 1. The number of nitrogens with zero attached hydrogens (tertiary/aromatic N) is 2. The zero-order valence-electron chi connectivity index (χ0n) is 15.2. The van der Waals surface area contributed by atoms with Gasteiger partial charge in [-0.2, -0.15) is 0 Å². The van der Waals surface area contributed by atoms with Crippen LogP contribution in [0.25, 0.3) is 11.1 Å². The number of aromatic nitrogens is 1. The summed E-state index contributed by atoms with van der Waals surface area (Å²) in [6.07, 6.45) is 0.105. The fourth-order valence-corrected chi connectivity index (χ4v) is 4.56. The first kappa shape index (κ1) is 20.0. The maximum Gasteiger partial charge on any atom is 0.438 e. The molecule has 0 saturated heterocycles. The van der Waals surface area contributed by atoms with Crippen molar-refractivity contribution in [3.05, 3.63) is 65.4 Å². The van der Waals surface area contributed by atoms with Crippen LogP contribution in [0.1, 0.15) is 11.3 Å². The highest BCUT2D eigenvalue weighted by Crippen LogP contribution is 2.24. The van der Waals surface area contributed by atoms with E-state index < -0.39 is 20.5 Å². The van der Waals surface area contributed by atoms with E-state index in [0.29, 0.717) is 20.9 Å². The smallest absolute Gasteiger partial charge is 0.399 e. The van der Waals surface area contributed by atoms with Crippen molar-refractivity contribution in [3.8, 4) is 11.1 Å². The lowest BCUT2D eigenvalue weighted by Gasteiger charge is -2.14. The third kappa shape index (κ3) is 4.20. The fourth-order valence-electron chi connectivity index (χ4n) is 2.68. The SMILES string of the molecule is Cc1nc(N(C)C(=O)Cc2ccc(-c3cc(F)ccc3F)cc2)sc1[Si](N)=O.